The van der Waals surface area contributed by atoms with Gasteiger partial charge in [-0.15, -0.1) is 0 Å². The quantitative estimate of drug-likeness (QED) is 0.670. The lowest BCUT2D eigenvalue weighted by molar-refractivity contribution is -0.112. The van der Waals surface area contributed by atoms with Crippen LogP contribution in [0.1, 0.15) is 48.7 Å². The molecule has 0 aromatic heterocycles. The van der Waals surface area contributed by atoms with Crippen LogP contribution in [0, 0.1) is 11.3 Å². The van der Waals surface area contributed by atoms with Gasteiger partial charge in [0.1, 0.15) is 0 Å². The van der Waals surface area contributed by atoms with Gasteiger partial charge >= 0.3 is 0 Å². The van der Waals surface area contributed by atoms with Gasteiger partial charge in [0.05, 0.1) is 0 Å². The lowest BCUT2D eigenvalue weighted by Crippen LogP contribution is -2.63. The van der Waals surface area contributed by atoms with Gasteiger partial charge in [-0.05, 0) is 54.7 Å². The fourth-order valence-electron chi connectivity index (χ4n) is 5.50. The molecule has 3 heterocycles. The summed E-state index contributed by atoms with van der Waals surface area (Å²) in [5, 5.41) is 0.775. The number of rotatable bonds is 4. The first-order chi connectivity index (χ1) is 14.9. The van der Waals surface area contributed by atoms with Crippen LogP contribution in [0.25, 0.3) is 0 Å². The fraction of sp³-hybridized carbons (Fsp3) is 0.480. The smallest absolute Gasteiger partial charge is 0.253 e. The molecule has 5 nitrogen and oxygen atoms in total. The predicted octanol–water partition coefficient (Wildman–Crippen LogP) is 5.00. The molecular weight excluding hydrogens is 412 g/mol. The van der Waals surface area contributed by atoms with Gasteiger partial charge in [-0.1, -0.05) is 37.6 Å². The van der Waals surface area contributed by atoms with E-state index >= 15 is 0 Å². The molecule has 2 aromatic carbocycles. The van der Waals surface area contributed by atoms with Crippen LogP contribution >= 0.6 is 11.6 Å². The number of halogens is 1. The molecule has 3 aliphatic heterocycles. The summed E-state index contributed by atoms with van der Waals surface area (Å²) >= 11 is 6.15. The number of piperidine rings is 1. The van der Waals surface area contributed by atoms with Crippen molar-refractivity contribution >= 4 is 17.5 Å². The highest BCUT2D eigenvalue weighted by Gasteiger charge is 2.54. The highest BCUT2D eigenvalue weighted by molar-refractivity contribution is 6.30. The van der Waals surface area contributed by atoms with E-state index in [9.17, 15) is 4.79 Å². The van der Waals surface area contributed by atoms with E-state index in [1.165, 1.54) is 5.56 Å². The van der Waals surface area contributed by atoms with E-state index in [-0.39, 0.29) is 18.1 Å². The Bertz CT molecular complexity index is 967. The highest BCUT2D eigenvalue weighted by atomic mass is 35.5. The Balaban J connectivity index is 1.30. The summed E-state index contributed by atoms with van der Waals surface area (Å²) in [7, 11) is 0. The van der Waals surface area contributed by atoms with Gasteiger partial charge in [0.25, 0.3) is 5.91 Å². The number of hydrogen-bond donors (Lipinski definition) is 0. The first kappa shape index (κ1) is 20.7. The number of likely N-dealkylation sites (tertiary alicyclic amines) is 2. The van der Waals surface area contributed by atoms with Crippen molar-refractivity contribution < 1.29 is 14.3 Å². The Morgan fingerprint density at radius 2 is 1.81 bits per heavy atom. The van der Waals surface area contributed by atoms with Crippen molar-refractivity contribution in [3.05, 3.63) is 58.6 Å². The van der Waals surface area contributed by atoms with Crippen LogP contribution < -0.4 is 9.47 Å². The van der Waals surface area contributed by atoms with Crippen LogP contribution in [0.2, 0.25) is 5.02 Å². The van der Waals surface area contributed by atoms with Crippen molar-refractivity contribution in [2.75, 3.05) is 33.0 Å². The Labute approximate surface area is 188 Å². The summed E-state index contributed by atoms with van der Waals surface area (Å²) < 4.78 is 10.8. The summed E-state index contributed by atoms with van der Waals surface area (Å²) in [5.74, 6) is 2.07. The molecule has 1 atom stereocenters. The van der Waals surface area contributed by atoms with Crippen LogP contribution in [-0.4, -0.2) is 48.7 Å². The number of carbonyl (C=O) groups is 1. The maximum Gasteiger partial charge on any atom is 0.253 e. The number of carbonyl (C=O) groups excluding carboxylic acids is 1. The van der Waals surface area contributed by atoms with Gasteiger partial charge in [0.2, 0.25) is 6.79 Å². The average molecular weight is 441 g/mol. The molecule has 0 bridgehead atoms. The molecule has 31 heavy (non-hydrogen) atoms. The second kappa shape index (κ2) is 8.03. The monoisotopic (exact) mass is 440 g/mol. The van der Waals surface area contributed by atoms with Crippen LogP contribution in [0.15, 0.2) is 42.5 Å². The molecule has 1 amide bonds. The summed E-state index contributed by atoms with van der Waals surface area (Å²) in [6.07, 6.45) is 2.04. The molecule has 2 aromatic rings. The van der Waals surface area contributed by atoms with Crippen molar-refractivity contribution in [2.45, 2.75) is 32.7 Å². The normalized spacial score (nSPS) is 22.1. The standard InChI is InChI=1S/C25H29ClN2O3/c1-17(2)14-28-15-25(23(28)18-3-6-20(26)7-4-18)9-11-27(12-10-25)24(29)19-5-8-21-22(13-19)31-16-30-21/h3-8,13,17,23H,9-12,14-16H2,1-2H3. The third-order valence-corrected chi connectivity index (χ3v) is 7.17. The molecule has 5 rings (SSSR count). The Morgan fingerprint density at radius 3 is 2.52 bits per heavy atom. The molecule has 0 N–H and O–H groups in total. The zero-order valence-electron chi connectivity index (χ0n) is 18.1. The fourth-order valence-corrected chi connectivity index (χ4v) is 5.63. The van der Waals surface area contributed by atoms with E-state index in [1.807, 2.05) is 29.2 Å². The molecule has 0 radical (unpaired) electrons. The maximum atomic E-state index is 13.1. The topological polar surface area (TPSA) is 42.0 Å². The van der Waals surface area contributed by atoms with E-state index in [1.54, 1.807) is 6.07 Å². The van der Waals surface area contributed by atoms with Gasteiger partial charge in [-0.25, -0.2) is 0 Å². The zero-order valence-corrected chi connectivity index (χ0v) is 18.9. The predicted molar refractivity (Wildman–Crippen MR) is 121 cm³/mol. The van der Waals surface area contributed by atoms with E-state index in [4.69, 9.17) is 21.1 Å². The SMILES string of the molecule is CC(C)CN1CC2(CCN(C(=O)c3ccc4c(c3)OCO4)CC2)C1c1ccc(Cl)cc1. The number of ether oxygens (including phenoxy) is 2. The van der Waals surface area contributed by atoms with Gasteiger partial charge in [0, 0.05) is 48.2 Å². The number of amides is 1. The molecule has 2 fully saturated rings. The second-order valence-corrected chi connectivity index (χ2v) is 9.94. The lowest BCUT2D eigenvalue weighted by Gasteiger charge is -2.61. The Kier molecular flexibility index (Phi) is 5.35. The number of benzene rings is 2. The largest absolute Gasteiger partial charge is 0.454 e. The number of hydrogen-bond acceptors (Lipinski definition) is 4. The highest BCUT2D eigenvalue weighted by Crippen LogP contribution is 2.55. The van der Waals surface area contributed by atoms with Crippen LogP contribution in [0.5, 0.6) is 11.5 Å². The Morgan fingerprint density at radius 1 is 1.10 bits per heavy atom. The summed E-state index contributed by atoms with van der Waals surface area (Å²) in [5.41, 5.74) is 2.24. The minimum absolute atomic E-state index is 0.0783. The van der Waals surface area contributed by atoms with E-state index in [0.717, 1.165) is 44.0 Å². The molecule has 3 aliphatic rings. The molecule has 1 spiro atoms. The molecule has 1 unspecified atom stereocenters. The first-order valence-electron chi connectivity index (χ1n) is 11.1. The molecule has 2 saturated heterocycles. The minimum atomic E-state index is 0.0783. The third-order valence-electron chi connectivity index (χ3n) is 6.91. The van der Waals surface area contributed by atoms with Gasteiger partial charge in [0.15, 0.2) is 11.5 Å². The van der Waals surface area contributed by atoms with Crippen molar-refractivity contribution in [1.82, 2.24) is 9.80 Å². The summed E-state index contributed by atoms with van der Waals surface area (Å²) in [6, 6.07) is 14.2. The minimum Gasteiger partial charge on any atom is -0.454 e. The number of nitrogens with zero attached hydrogens (tertiary/aromatic N) is 2. The molecular formula is C25H29ClN2O3. The lowest BCUT2D eigenvalue weighted by atomic mass is 9.63. The van der Waals surface area contributed by atoms with E-state index in [2.05, 4.69) is 30.9 Å². The summed E-state index contributed by atoms with van der Waals surface area (Å²) in [6.45, 7) is 8.53. The van der Waals surface area contributed by atoms with Crippen molar-refractivity contribution in [1.29, 1.82) is 0 Å². The second-order valence-electron chi connectivity index (χ2n) is 9.50. The molecule has 164 valence electrons. The van der Waals surface area contributed by atoms with Crippen LogP contribution in [-0.2, 0) is 0 Å². The van der Waals surface area contributed by atoms with Crippen molar-refractivity contribution in [3.8, 4) is 11.5 Å². The van der Waals surface area contributed by atoms with E-state index in [0.29, 0.717) is 29.0 Å². The summed E-state index contributed by atoms with van der Waals surface area (Å²) in [4.78, 5) is 17.7. The zero-order chi connectivity index (χ0) is 21.6. The number of fused-ring (bicyclic) bond motifs is 1. The molecule has 6 heteroatoms. The van der Waals surface area contributed by atoms with Gasteiger partial charge in [-0.2, -0.15) is 0 Å². The van der Waals surface area contributed by atoms with Gasteiger partial charge < -0.3 is 14.4 Å². The molecule has 0 saturated carbocycles. The van der Waals surface area contributed by atoms with Crippen molar-refractivity contribution in [3.63, 3.8) is 0 Å². The first-order valence-corrected chi connectivity index (χ1v) is 11.5. The van der Waals surface area contributed by atoms with E-state index < -0.39 is 0 Å². The maximum absolute atomic E-state index is 13.1. The van der Waals surface area contributed by atoms with Crippen LogP contribution in [0.4, 0.5) is 0 Å². The molecule has 0 aliphatic carbocycles. The van der Waals surface area contributed by atoms with Gasteiger partial charge in [-0.3, -0.25) is 9.69 Å². The average Bonchev–Trinajstić information content (AvgIpc) is 3.22. The van der Waals surface area contributed by atoms with Crippen molar-refractivity contribution in [2.24, 2.45) is 11.3 Å². The Hall–Kier alpha value is -2.24. The third kappa shape index (κ3) is 3.79. The van der Waals surface area contributed by atoms with Crippen LogP contribution in [0.3, 0.4) is 0 Å².